The first-order valence-electron chi connectivity index (χ1n) is 6.47. The predicted molar refractivity (Wildman–Crippen MR) is 84.5 cm³/mol. The van der Waals surface area contributed by atoms with Crippen molar-refractivity contribution < 1.29 is 4.79 Å². The second kappa shape index (κ2) is 6.37. The van der Waals surface area contributed by atoms with Gasteiger partial charge < -0.3 is 4.90 Å². The minimum absolute atomic E-state index is 0.116. The summed E-state index contributed by atoms with van der Waals surface area (Å²) in [6, 6.07) is 6.24. The van der Waals surface area contributed by atoms with Crippen molar-refractivity contribution in [3.05, 3.63) is 32.7 Å². The van der Waals surface area contributed by atoms with Crippen LogP contribution in [0.1, 0.15) is 24.2 Å². The number of nitrogens with zero attached hydrogens (tertiary/aromatic N) is 2. The Hall–Kier alpha value is -0.390. The summed E-state index contributed by atoms with van der Waals surface area (Å²) in [5.41, 5.74) is 0.735. The molecule has 0 atom stereocenters. The molecule has 5 heteroatoms. The third-order valence-electron chi connectivity index (χ3n) is 3.44. The first-order valence-corrected chi connectivity index (χ1v) is 8.05. The quantitative estimate of drug-likeness (QED) is 0.774. The Balaban J connectivity index is 2.05. The van der Waals surface area contributed by atoms with Crippen LogP contribution in [0.2, 0.25) is 0 Å². The molecule has 0 saturated carbocycles. The molecule has 3 nitrogen and oxygen atoms in total. The lowest BCUT2D eigenvalue weighted by Gasteiger charge is -2.37. The number of rotatable bonds is 2. The van der Waals surface area contributed by atoms with Gasteiger partial charge in [-0.2, -0.15) is 0 Å². The second-order valence-electron chi connectivity index (χ2n) is 5.08. The smallest absolute Gasteiger partial charge is 0.254 e. The van der Waals surface area contributed by atoms with Gasteiger partial charge in [0.05, 0.1) is 0 Å². The summed E-state index contributed by atoms with van der Waals surface area (Å²) in [5, 5.41) is 0. The van der Waals surface area contributed by atoms with E-state index in [-0.39, 0.29) is 5.91 Å². The molecule has 0 aliphatic carbocycles. The van der Waals surface area contributed by atoms with Crippen LogP contribution in [0.25, 0.3) is 0 Å². The summed E-state index contributed by atoms with van der Waals surface area (Å²) in [7, 11) is 0. The van der Waals surface area contributed by atoms with Gasteiger partial charge in [-0.1, -0.05) is 31.9 Å². The van der Waals surface area contributed by atoms with E-state index in [1.165, 1.54) is 0 Å². The molecule has 0 radical (unpaired) electrons. The van der Waals surface area contributed by atoms with Crippen LogP contribution in [0.15, 0.2) is 27.1 Å². The largest absolute Gasteiger partial charge is 0.336 e. The maximum Gasteiger partial charge on any atom is 0.254 e. The van der Waals surface area contributed by atoms with Gasteiger partial charge in [-0.05, 0) is 32.0 Å². The van der Waals surface area contributed by atoms with E-state index in [0.717, 1.165) is 40.7 Å². The SMILES string of the molecule is CC(C)N1CCN(C(=O)c2cc(Br)cc(Br)c2)CC1. The lowest BCUT2D eigenvalue weighted by atomic mass is 10.1. The van der Waals surface area contributed by atoms with E-state index < -0.39 is 0 Å². The number of hydrogen-bond donors (Lipinski definition) is 0. The molecule has 1 heterocycles. The molecule has 104 valence electrons. The van der Waals surface area contributed by atoms with Gasteiger partial charge >= 0.3 is 0 Å². The van der Waals surface area contributed by atoms with E-state index in [0.29, 0.717) is 6.04 Å². The van der Waals surface area contributed by atoms with Crippen molar-refractivity contribution in [1.82, 2.24) is 9.80 Å². The number of hydrogen-bond acceptors (Lipinski definition) is 2. The van der Waals surface area contributed by atoms with Gasteiger partial charge in [-0.25, -0.2) is 0 Å². The summed E-state index contributed by atoms with van der Waals surface area (Å²) >= 11 is 6.85. The van der Waals surface area contributed by atoms with Gasteiger partial charge in [0.2, 0.25) is 0 Å². The molecular formula is C14H18Br2N2O. The third kappa shape index (κ3) is 3.80. The minimum atomic E-state index is 0.116. The second-order valence-corrected chi connectivity index (χ2v) is 6.91. The fraction of sp³-hybridized carbons (Fsp3) is 0.500. The molecule has 1 fully saturated rings. The summed E-state index contributed by atoms with van der Waals surface area (Å²) in [6.07, 6.45) is 0. The van der Waals surface area contributed by atoms with Crippen molar-refractivity contribution in [2.24, 2.45) is 0 Å². The molecule has 0 bridgehead atoms. The normalized spacial score (nSPS) is 17.0. The van der Waals surface area contributed by atoms with Gasteiger partial charge in [0.25, 0.3) is 5.91 Å². The van der Waals surface area contributed by atoms with E-state index in [9.17, 15) is 4.79 Å². The molecule has 1 amide bonds. The van der Waals surface area contributed by atoms with Crippen LogP contribution in [-0.2, 0) is 0 Å². The predicted octanol–water partition coefficient (Wildman–Crippen LogP) is 3.38. The summed E-state index contributed by atoms with van der Waals surface area (Å²) in [5.74, 6) is 0.116. The van der Waals surface area contributed by atoms with Crippen LogP contribution in [0.4, 0.5) is 0 Å². The molecule has 0 unspecified atom stereocenters. The van der Waals surface area contributed by atoms with Crippen molar-refractivity contribution in [3.63, 3.8) is 0 Å². The molecule has 1 aromatic carbocycles. The average molecular weight is 390 g/mol. The van der Waals surface area contributed by atoms with E-state index in [1.807, 2.05) is 23.1 Å². The lowest BCUT2D eigenvalue weighted by molar-refractivity contribution is 0.0595. The Kier molecular flexibility index (Phi) is 5.03. The van der Waals surface area contributed by atoms with Gasteiger partial charge in [-0.3, -0.25) is 9.69 Å². The Morgan fingerprint density at radius 2 is 1.58 bits per heavy atom. The van der Waals surface area contributed by atoms with Crippen LogP contribution in [0.3, 0.4) is 0 Å². The number of carbonyl (C=O) groups is 1. The fourth-order valence-electron chi connectivity index (χ4n) is 2.30. The molecule has 0 aromatic heterocycles. The zero-order valence-corrected chi connectivity index (χ0v) is 14.4. The highest BCUT2D eigenvalue weighted by atomic mass is 79.9. The van der Waals surface area contributed by atoms with E-state index in [4.69, 9.17) is 0 Å². The summed E-state index contributed by atoms with van der Waals surface area (Å²) < 4.78 is 1.84. The number of amides is 1. The zero-order valence-electron chi connectivity index (χ0n) is 11.2. The number of benzene rings is 1. The molecule has 1 aromatic rings. The van der Waals surface area contributed by atoms with Crippen LogP contribution in [-0.4, -0.2) is 47.9 Å². The molecular weight excluding hydrogens is 372 g/mol. The standard InChI is InChI=1S/C14H18Br2N2O/c1-10(2)17-3-5-18(6-4-17)14(19)11-7-12(15)9-13(16)8-11/h7-10H,3-6H2,1-2H3. The first kappa shape index (κ1) is 15.0. The Morgan fingerprint density at radius 1 is 1.05 bits per heavy atom. The highest BCUT2D eigenvalue weighted by Gasteiger charge is 2.23. The topological polar surface area (TPSA) is 23.6 Å². The zero-order chi connectivity index (χ0) is 14.0. The lowest BCUT2D eigenvalue weighted by Crippen LogP contribution is -2.50. The Labute approximate surface area is 131 Å². The van der Waals surface area contributed by atoms with E-state index >= 15 is 0 Å². The maximum absolute atomic E-state index is 12.4. The molecule has 0 N–H and O–H groups in total. The Bertz CT molecular complexity index is 448. The molecule has 1 aliphatic heterocycles. The van der Waals surface area contributed by atoms with Gasteiger partial charge in [0.15, 0.2) is 0 Å². The average Bonchev–Trinajstić information content (AvgIpc) is 2.37. The Morgan fingerprint density at radius 3 is 2.05 bits per heavy atom. The van der Waals surface area contributed by atoms with E-state index in [2.05, 4.69) is 50.6 Å². The molecule has 0 spiro atoms. The van der Waals surface area contributed by atoms with Crippen molar-refractivity contribution in [2.45, 2.75) is 19.9 Å². The van der Waals surface area contributed by atoms with Gasteiger partial charge in [0, 0.05) is 46.7 Å². The van der Waals surface area contributed by atoms with Crippen molar-refractivity contribution in [2.75, 3.05) is 26.2 Å². The first-order chi connectivity index (χ1) is 8.97. The van der Waals surface area contributed by atoms with Crippen LogP contribution in [0, 0.1) is 0 Å². The van der Waals surface area contributed by atoms with Crippen LogP contribution < -0.4 is 0 Å². The van der Waals surface area contributed by atoms with Crippen LogP contribution in [0.5, 0.6) is 0 Å². The molecule has 1 aliphatic rings. The van der Waals surface area contributed by atoms with Crippen molar-refractivity contribution >= 4 is 37.8 Å². The number of halogens is 2. The molecule has 19 heavy (non-hydrogen) atoms. The third-order valence-corrected chi connectivity index (χ3v) is 4.36. The summed E-state index contributed by atoms with van der Waals surface area (Å²) in [6.45, 7) is 7.92. The highest BCUT2D eigenvalue weighted by Crippen LogP contribution is 2.21. The van der Waals surface area contributed by atoms with Gasteiger partial charge in [0.1, 0.15) is 0 Å². The molecule has 1 saturated heterocycles. The number of carbonyl (C=O) groups excluding carboxylic acids is 1. The van der Waals surface area contributed by atoms with E-state index in [1.54, 1.807) is 0 Å². The van der Waals surface area contributed by atoms with Gasteiger partial charge in [-0.15, -0.1) is 0 Å². The van der Waals surface area contributed by atoms with Crippen molar-refractivity contribution in [1.29, 1.82) is 0 Å². The fourth-order valence-corrected chi connectivity index (χ4v) is 3.59. The summed E-state index contributed by atoms with van der Waals surface area (Å²) in [4.78, 5) is 16.8. The highest BCUT2D eigenvalue weighted by molar-refractivity contribution is 9.11. The van der Waals surface area contributed by atoms with Crippen molar-refractivity contribution in [3.8, 4) is 0 Å². The number of piperazine rings is 1. The minimum Gasteiger partial charge on any atom is -0.336 e. The molecule has 2 rings (SSSR count). The van der Waals surface area contributed by atoms with Crippen LogP contribution >= 0.6 is 31.9 Å². The monoisotopic (exact) mass is 388 g/mol. The maximum atomic E-state index is 12.4.